The second-order valence-electron chi connectivity index (χ2n) is 4.39. The van der Waals surface area contributed by atoms with Crippen LogP contribution in [0.15, 0.2) is 24.3 Å². The lowest BCUT2D eigenvalue weighted by Gasteiger charge is -1.99. The first-order valence-corrected chi connectivity index (χ1v) is 6.73. The summed E-state index contributed by atoms with van der Waals surface area (Å²) in [4.78, 5) is 0. The molecule has 0 amide bonds. The Bertz CT molecular complexity index is 793. The maximum Gasteiger partial charge on any atom is 0.140 e. The van der Waals surface area contributed by atoms with Gasteiger partial charge in [-0.15, -0.1) is 0 Å². The van der Waals surface area contributed by atoms with E-state index in [0.717, 1.165) is 5.56 Å². The van der Waals surface area contributed by atoms with Crippen LogP contribution in [0.4, 0.5) is 5.82 Å². The maximum atomic E-state index is 9.35. The Morgan fingerprint density at radius 2 is 2.05 bits per heavy atom. The average Bonchev–Trinajstić information content (AvgIpc) is 2.83. The van der Waals surface area contributed by atoms with Gasteiger partial charge in [-0.25, -0.2) is 4.68 Å². The van der Waals surface area contributed by atoms with E-state index in [1.165, 1.54) is 4.68 Å². The highest BCUT2D eigenvalue weighted by Gasteiger charge is 2.18. The number of aliphatic hydroxyl groups is 1. The van der Waals surface area contributed by atoms with Gasteiger partial charge in [0.05, 0.1) is 18.7 Å². The Hall–Kier alpha value is -2.80. The molecule has 1 aromatic heterocycles. The van der Waals surface area contributed by atoms with Crippen LogP contribution in [0, 0.1) is 22.7 Å². The number of nitriles is 2. The average molecular weight is 314 g/mol. The summed E-state index contributed by atoms with van der Waals surface area (Å²) in [6.45, 7) is -0.0147. The number of aromatic nitrogens is 2. The molecule has 0 aliphatic heterocycles. The molecule has 3 N–H and O–H groups in total. The van der Waals surface area contributed by atoms with Gasteiger partial charge in [-0.3, -0.25) is 0 Å². The molecule has 0 aliphatic carbocycles. The van der Waals surface area contributed by atoms with E-state index < -0.39 is 0 Å². The molecule has 6 nitrogen and oxygen atoms in total. The van der Waals surface area contributed by atoms with E-state index in [-0.39, 0.29) is 35.8 Å². The number of nitrogen functional groups attached to an aromatic ring is 1. The van der Waals surface area contributed by atoms with Crippen LogP contribution in [0.2, 0.25) is 5.02 Å². The van der Waals surface area contributed by atoms with Gasteiger partial charge in [-0.1, -0.05) is 23.7 Å². The fourth-order valence-corrected chi connectivity index (χ4v) is 2.04. The van der Waals surface area contributed by atoms with Crippen molar-refractivity contribution in [2.24, 2.45) is 0 Å². The molecule has 7 heteroatoms. The molecule has 0 atom stereocenters. The van der Waals surface area contributed by atoms with Gasteiger partial charge in [0.15, 0.2) is 0 Å². The maximum absolute atomic E-state index is 9.35. The number of hydrogen-bond acceptors (Lipinski definition) is 5. The lowest BCUT2D eigenvalue weighted by atomic mass is 10.1. The van der Waals surface area contributed by atoms with Crippen molar-refractivity contribution in [3.63, 3.8) is 0 Å². The van der Waals surface area contributed by atoms with E-state index in [1.807, 2.05) is 12.1 Å². The summed E-state index contributed by atoms with van der Waals surface area (Å²) in [6, 6.07) is 10.9. The molecular formula is C15H12ClN5O. The zero-order valence-corrected chi connectivity index (χ0v) is 12.2. The minimum absolute atomic E-state index is 0.121. The molecule has 1 heterocycles. The van der Waals surface area contributed by atoms with Crippen molar-refractivity contribution in [2.45, 2.75) is 6.54 Å². The van der Waals surface area contributed by atoms with Crippen LogP contribution in [0.25, 0.3) is 11.6 Å². The quantitative estimate of drug-likeness (QED) is 0.839. The van der Waals surface area contributed by atoms with Crippen LogP contribution in [0.3, 0.4) is 0 Å². The fourth-order valence-electron chi connectivity index (χ4n) is 1.92. The molecule has 2 rings (SSSR count). The summed E-state index contributed by atoms with van der Waals surface area (Å²) in [5, 5.41) is 32.3. The molecule has 110 valence electrons. The summed E-state index contributed by atoms with van der Waals surface area (Å²) in [5.41, 5.74) is 7.10. The number of aliphatic hydroxyl groups excluding tert-OH is 1. The van der Waals surface area contributed by atoms with Crippen molar-refractivity contribution in [1.82, 2.24) is 9.78 Å². The minimum atomic E-state index is -0.168. The van der Waals surface area contributed by atoms with Crippen LogP contribution < -0.4 is 5.73 Å². The number of hydrogen-bond donors (Lipinski definition) is 2. The lowest BCUT2D eigenvalue weighted by Crippen LogP contribution is -2.07. The topological polar surface area (TPSA) is 112 Å². The molecule has 0 aliphatic rings. The Morgan fingerprint density at radius 3 is 2.59 bits per heavy atom. The number of nitrogens with zero attached hydrogens (tertiary/aromatic N) is 4. The van der Waals surface area contributed by atoms with E-state index in [2.05, 4.69) is 5.10 Å². The molecule has 0 radical (unpaired) electrons. The third-order valence-electron chi connectivity index (χ3n) is 2.97. The van der Waals surface area contributed by atoms with Gasteiger partial charge in [0.2, 0.25) is 0 Å². The Kier molecular flexibility index (Phi) is 4.80. The third-order valence-corrected chi connectivity index (χ3v) is 3.22. The third kappa shape index (κ3) is 3.09. The highest BCUT2D eigenvalue weighted by atomic mass is 35.5. The van der Waals surface area contributed by atoms with Crippen LogP contribution in [-0.2, 0) is 6.54 Å². The highest BCUT2D eigenvalue weighted by molar-refractivity contribution is 6.30. The molecule has 0 saturated carbocycles. The number of benzene rings is 1. The van der Waals surface area contributed by atoms with Crippen LogP contribution in [-0.4, -0.2) is 21.5 Å². The highest BCUT2D eigenvalue weighted by Crippen LogP contribution is 2.25. The molecule has 0 bridgehead atoms. The summed E-state index contributed by atoms with van der Waals surface area (Å²) < 4.78 is 1.31. The number of nitrogens with two attached hydrogens (primary N) is 1. The smallest absolute Gasteiger partial charge is 0.140 e. The minimum Gasteiger partial charge on any atom is -0.394 e. The SMILES string of the molecule is N#C/C(=C\c1ccc(Cl)cc1)c1nn(CCO)c(N)c1C#N. The second-order valence-corrected chi connectivity index (χ2v) is 4.83. The van der Waals surface area contributed by atoms with Crippen molar-refractivity contribution in [3.8, 4) is 12.1 Å². The summed E-state index contributed by atoms with van der Waals surface area (Å²) in [7, 11) is 0. The zero-order valence-electron chi connectivity index (χ0n) is 11.5. The predicted molar refractivity (Wildman–Crippen MR) is 83.4 cm³/mol. The molecule has 0 spiro atoms. The van der Waals surface area contributed by atoms with Crippen molar-refractivity contribution in [3.05, 3.63) is 46.1 Å². The van der Waals surface area contributed by atoms with Crippen LogP contribution in [0.1, 0.15) is 16.8 Å². The number of allylic oxidation sites excluding steroid dienone is 1. The van der Waals surface area contributed by atoms with Crippen LogP contribution >= 0.6 is 11.6 Å². The Labute approximate surface area is 132 Å². The van der Waals surface area contributed by atoms with Gasteiger partial charge in [-0.2, -0.15) is 15.6 Å². The Morgan fingerprint density at radius 1 is 1.36 bits per heavy atom. The second kappa shape index (κ2) is 6.77. The predicted octanol–water partition coefficient (Wildman–Crippen LogP) is 2.05. The van der Waals surface area contributed by atoms with E-state index >= 15 is 0 Å². The number of halogens is 1. The first-order valence-electron chi connectivity index (χ1n) is 6.35. The van der Waals surface area contributed by atoms with E-state index in [0.29, 0.717) is 5.02 Å². The van der Waals surface area contributed by atoms with E-state index in [4.69, 9.17) is 22.4 Å². The van der Waals surface area contributed by atoms with Gasteiger partial charge < -0.3 is 10.8 Å². The molecule has 0 saturated heterocycles. The molecule has 0 unspecified atom stereocenters. The van der Waals surface area contributed by atoms with E-state index in [9.17, 15) is 10.5 Å². The number of rotatable bonds is 4. The standard InChI is InChI=1S/C15H12ClN5O/c16-12-3-1-10(2-4-12)7-11(8-17)14-13(9-18)15(19)21(20-14)5-6-22/h1-4,7,22H,5-6,19H2/b11-7+. The van der Waals surface area contributed by atoms with Crippen LogP contribution in [0.5, 0.6) is 0 Å². The van der Waals surface area contributed by atoms with Gasteiger partial charge in [0, 0.05) is 5.02 Å². The largest absolute Gasteiger partial charge is 0.394 e. The summed E-state index contributed by atoms with van der Waals surface area (Å²) in [6.07, 6.45) is 1.60. The first kappa shape index (κ1) is 15.6. The van der Waals surface area contributed by atoms with Crippen molar-refractivity contribution < 1.29 is 5.11 Å². The van der Waals surface area contributed by atoms with Crippen molar-refractivity contribution in [2.75, 3.05) is 12.3 Å². The number of anilines is 1. The van der Waals surface area contributed by atoms with E-state index in [1.54, 1.807) is 30.3 Å². The summed E-state index contributed by atoms with van der Waals surface area (Å²) >= 11 is 5.82. The molecular weight excluding hydrogens is 302 g/mol. The lowest BCUT2D eigenvalue weighted by molar-refractivity contribution is 0.270. The molecule has 22 heavy (non-hydrogen) atoms. The Balaban J connectivity index is 2.52. The molecule has 0 fully saturated rings. The first-order chi connectivity index (χ1) is 10.6. The van der Waals surface area contributed by atoms with Crippen molar-refractivity contribution >= 4 is 29.1 Å². The normalized spacial score (nSPS) is 11.0. The summed E-state index contributed by atoms with van der Waals surface area (Å²) in [5.74, 6) is 0.129. The van der Waals surface area contributed by atoms with Crippen molar-refractivity contribution in [1.29, 1.82) is 10.5 Å². The molecule has 2 aromatic rings. The monoisotopic (exact) mass is 313 g/mol. The van der Waals surface area contributed by atoms with Gasteiger partial charge in [0.1, 0.15) is 29.2 Å². The zero-order chi connectivity index (χ0) is 16.1. The fraction of sp³-hybridized carbons (Fsp3) is 0.133. The molecule has 1 aromatic carbocycles. The van der Waals surface area contributed by atoms with Gasteiger partial charge in [0.25, 0.3) is 0 Å². The van der Waals surface area contributed by atoms with Gasteiger partial charge >= 0.3 is 0 Å². The van der Waals surface area contributed by atoms with Gasteiger partial charge in [-0.05, 0) is 23.8 Å².